The lowest BCUT2D eigenvalue weighted by Gasteiger charge is -2.13. The van der Waals surface area contributed by atoms with E-state index in [2.05, 4.69) is 35.9 Å². The van der Waals surface area contributed by atoms with Crippen molar-refractivity contribution in [3.05, 3.63) is 47.8 Å². The first-order chi connectivity index (χ1) is 14.1. The van der Waals surface area contributed by atoms with Gasteiger partial charge in [0.25, 0.3) is 5.91 Å². The molecule has 2 amide bonds. The van der Waals surface area contributed by atoms with E-state index >= 15 is 0 Å². The normalized spacial score (nSPS) is 13.9. The summed E-state index contributed by atoms with van der Waals surface area (Å²) in [4.78, 5) is 41.7. The Balaban J connectivity index is 1.95. The Morgan fingerprint density at radius 1 is 1.24 bits per heavy atom. The molecule has 1 fully saturated rings. The van der Waals surface area contributed by atoms with Gasteiger partial charge in [-0.2, -0.15) is 0 Å². The Hall–Kier alpha value is -3.73. The van der Waals surface area contributed by atoms with Crippen LogP contribution >= 0.6 is 0 Å². The summed E-state index contributed by atoms with van der Waals surface area (Å²) in [6, 6.07) is 0. The summed E-state index contributed by atoms with van der Waals surface area (Å²) in [5.74, 6) is -0.124. The number of carbonyl (C=O) groups is 2. The first-order valence-electron chi connectivity index (χ1n) is 9.03. The van der Waals surface area contributed by atoms with Crippen LogP contribution in [0.5, 0.6) is 0 Å². The summed E-state index contributed by atoms with van der Waals surface area (Å²) >= 11 is 0. The van der Waals surface area contributed by atoms with Gasteiger partial charge >= 0.3 is 5.91 Å². The molecule has 0 spiro atoms. The lowest BCUT2D eigenvalue weighted by atomic mass is 10.2. The average molecular weight is 396 g/mol. The molecule has 2 aromatic heterocycles. The number of carbonyl (C=O) groups excluding carboxylic acids is 2. The number of rotatable bonds is 8. The van der Waals surface area contributed by atoms with Gasteiger partial charge in [0, 0.05) is 19.2 Å². The van der Waals surface area contributed by atoms with Gasteiger partial charge in [-0.05, 0) is 12.8 Å². The maximum atomic E-state index is 13.0. The topological polar surface area (TPSA) is 162 Å². The molecule has 0 radical (unpaired) electrons. The van der Waals surface area contributed by atoms with E-state index in [4.69, 9.17) is 5.41 Å². The van der Waals surface area contributed by atoms with E-state index in [9.17, 15) is 9.59 Å². The van der Waals surface area contributed by atoms with Crippen LogP contribution in [0.3, 0.4) is 0 Å². The second-order valence-corrected chi connectivity index (χ2v) is 6.31. The Morgan fingerprint density at radius 3 is 2.55 bits per heavy atom. The minimum Gasteiger partial charge on any atom is -0.350 e. The van der Waals surface area contributed by atoms with Gasteiger partial charge in [0.2, 0.25) is 5.70 Å². The van der Waals surface area contributed by atoms with Gasteiger partial charge in [0.05, 0.1) is 37.0 Å². The predicted octanol–water partition coefficient (Wildman–Crippen LogP) is -0.582. The Bertz CT molecular complexity index is 955. The van der Waals surface area contributed by atoms with Gasteiger partial charge in [-0.3, -0.25) is 9.59 Å². The molecule has 6 N–H and O–H groups in total. The molecule has 29 heavy (non-hydrogen) atoms. The molecule has 150 valence electrons. The summed E-state index contributed by atoms with van der Waals surface area (Å²) < 4.78 is 0. The fraction of sp³-hybridized carbons (Fsp3) is 0.278. The van der Waals surface area contributed by atoms with E-state index in [1.54, 1.807) is 25.6 Å². The molecule has 1 aliphatic carbocycles. The van der Waals surface area contributed by atoms with Crippen molar-refractivity contribution in [2.45, 2.75) is 18.8 Å². The highest BCUT2D eigenvalue weighted by Crippen LogP contribution is 2.38. The fourth-order valence-electron chi connectivity index (χ4n) is 2.62. The lowest BCUT2D eigenvalue weighted by Crippen LogP contribution is -2.80. The Kier molecular flexibility index (Phi) is 6.19. The molecule has 1 saturated carbocycles. The van der Waals surface area contributed by atoms with E-state index < -0.39 is 11.8 Å². The molecular weight excluding hydrogens is 374 g/mol. The fourth-order valence-corrected chi connectivity index (χ4v) is 2.62. The first-order valence-corrected chi connectivity index (χ1v) is 9.03. The second kappa shape index (κ2) is 8.97. The molecule has 0 saturated heterocycles. The van der Waals surface area contributed by atoms with Crippen LogP contribution in [-0.4, -0.2) is 52.1 Å². The molecule has 3 rings (SSSR count). The number of nitrogens with two attached hydrogens (primary N) is 1. The number of amides is 2. The van der Waals surface area contributed by atoms with Gasteiger partial charge in [0.1, 0.15) is 17.8 Å². The number of quaternary nitrogens is 1. The zero-order valence-electron chi connectivity index (χ0n) is 16.1. The molecule has 11 nitrogen and oxygen atoms in total. The summed E-state index contributed by atoms with van der Waals surface area (Å²) in [7, 11) is 3.13. The Labute approximate surface area is 167 Å². The number of aromatic nitrogens is 4. The quantitative estimate of drug-likeness (QED) is 0.294. The van der Waals surface area contributed by atoms with E-state index in [1.165, 1.54) is 18.7 Å². The summed E-state index contributed by atoms with van der Waals surface area (Å²) in [5, 5.41) is 17.3. The smallest absolute Gasteiger partial charge is 0.307 e. The number of nitrogens with zero attached hydrogens (tertiary/aromatic N) is 4. The minimum absolute atomic E-state index is 0.0671. The van der Waals surface area contributed by atoms with Crippen molar-refractivity contribution in [3.63, 3.8) is 0 Å². The third-order valence-electron chi connectivity index (χ3n) is 4.25. The maximum Gasteiger partial charge on any atom is 0.307 e. The van der Waals surface area contributed by atoms with Crippen molar-refractivity contribution in [1.82, 2.24) is 30.6 Å². The highest BCUT2D eigenvalue weighted by atomic mass is 16.2. The zero-order chi connectivity index (χ0) is 20.8. The van der Waals surface area contributed by atoms with Gasteiger partial charge < -0.3 is 26.7 Å². The van der Waals surface area contributed by atoms with E-state index in [-0.39, 0.29) is 23.0 Å². The molecule has 0 unspecified atom stereocenters. The van der Waals surface area contributed by atoms with Gasteiger partial charge in [-0.25, -0.2) is 19.9 Å². The van der Waals surface area contributed by atoms with E-state index in [0.29, 0.717) is 17.2 Å². The van der Waals surface area contributed by atoms with Crippen molar-refractivity contribution < 1.29 is 14.9 Å². The van der Waals surface area contributed by atoms with Crippen LogP contribution in [0.15, 0.2) is 36.3 Å². The molecule has 0 atom stereocenters. The second-order valence-electron chi connectivity index (χ2n) is 6.31. The van der Waals surface area contributed by atoms with Crippen LogP contribution in [0.1, 0.15) is 35.1 Å². The van der Waals surface area contributed by atoms with Crippen molar-refractivity contribution in [2.75, 3.05) is 19.4 Å². The third-order valence-corrected chi connectivity index (χ3v) is 4.25. The molecule has 1 aliphatic rings. The van der Waals surface area contributed by atoms with Crippen LogP contribution < -0.4 is 21.3 Å². The summed E-state index contributed by atoms with van der Waals surface area (Å²) in [6.07, 6.45) is 8.94. The van der Waals surface area contributed by atoms with Gasteiger partial charge in [-0.1, -0.05) is 0 Å². The molecule has 2 aromatic rings. The number of likely N-dealkylation sites (N-methyl/N-ethyl adjacent to an activating group) is 2. The molecule has 0 aliphatic heterocycles. The van der Waals surface area contributed by atoms with Crippen molar-refractivity contribution in [3.8, 4) is 0 Å². The minimum atomic E-state index is -0.560. The first kappa shape index (κ1) is 20.0. The highest BCUT2D eigenvalue weighted by molar-refractivity contribution is 6.04. The van der Waals surface area contributed by atoms with Crippen LogP contribution in [0.4, 0.5) is 11.4 Å². The van der Waals surface area contributed by atoms with Gasteiger partial charge in [0.15, 0.2) is 5.69 Å². The maximum absolute atomic E-state index is 13.0. The van der Waals surface area contributed by atoms with Crippen LogP contribution in [-0.2, 0) is 4.79 Å². The van der Waals surface area contributed by atoms with Crippen LogP contribution in [0.2, 0.25) is 0 Å². The largest absolute Gasteiger partial charge is 0.350 e. The molecule has 11 heteroatoms. The molecule has 0 aromatic carbocycles. The number of nitrogens with one attached hydrogen (secondary N) is 4. The van der Waals surface area contributed by atoms with Crippen LogP contribution in [0.25, 0.3) is 0 Å². The summed E-state index contributed by atoms with van der Waals surface area (Å²) in [5.41, 5.74) is 1.29. The summed E-state index contributed by atoms with van der Waals surface area (Å²) in [6.45, 7) is 0. The van der Waals surface area contributed by atoms with Crippen molar-refractivity contribution >= 4 is 29.4 Å². The number of hydrogen-bond acceptors (Lipinski definition) is 8. The van der Waals surface area contributed by atoms with Crippen LogP contribution in [0, 0.1) is 5.41 Å². The van der Waals surface area contributed by atoms with Crippen molar-refractivity contribution in [2.24, 2.45) is 0 Å². The SMILES string of the molecule is CNC(=O)/C([NH2+]C)=C(/C=N)NC(=O)c1nc(C2CC2)ncc1Nc1cncnc1. The van der Waals surface area contributed by atoms with Crippen molar-refractivity contribution in [1.29, 1.82) is 5.41 Å². The Morgan fingerprint density at radius 2 is 1.97 bits per heavy atom. The van der Waals surface area contributed by atoms with Gasteiger partial charge in [-0.15, -0.1) is 0 Å². The number of anilines is 2. The average Bonchev–Trinajstić information content (AvgIpc) is 3.59. The molecule has 0 bridgehead atoms. The third kappa shape index (κ3) is 4.76. The standard InChI is InChI=1S/C18H21N9O2/c1-20-14(17(28)21-2)12(5-19)26-18(29)15-13(25-11-6-22-9-23-7-11)8-24-16(27-15)10-3-4-10/h5-10,19-20,25H,3-4H2,1-2H3,(H,21,28)(H,26,29)/p+1/b14-12+,19-5?. The zero-order valence-corrected chi connectivity index (χ0v) is 16.1. The lowest BCUT2D eigenvalue weighted by molar-refractivity contribution is -0.570. The molecular formula is C18H22N9O2+. The molecule has 2 heterocycles. The number of allylic oxidation sites excluding steroid dienone is 1. The van der Waals surface area contributed by atoms with E-state index in [0.717, 1.165) is 19.1 Å². The number of hydrogen-bond donors (Lipinski definition) is 5. The monoisotopic (exact) mass is 396 g/mol. The highest BCUT2D eigenvalue weighted by Gasteiger charge is 2.29. The predicted molar refractivity (Wildman–Crippen MR) is 105 cm³/mol. The van der Waals surface area contributed by atoms with E-state index in [1.807, 2.05) is 0 Å².